The number of aliphatic hydroxyl groups excluding tert-OH is 1. The molecular weight excluding hydrogens is 578 g/mol. The van der Waals surface area contributed by atoms with Gasteiger partial charge >= 0.3 is 0 Å². The molecule has 46 heavy (non-hydrogen) atoms. The number of carbonyl (C=O) groups excluding carboxylic acids is 3. The average molecular weight is 620 g/mol. The minimum atomic E-state index is -1.40. The summed E-state index contributed by atoms with van der Waals surface area (Å²) >= 11 is 0. The second-order valence-electron chi connectivity index (χ2n) is 13.4. The molecule has 3 aromatic carbocycles. The summed E-state index contributed by atoms with van der Waals surface area (Å²) in [6.45, 7) is 6.37. The standard InChI is InChI=1S/C38H41N3O5/c1-4-37-18-10-20-39(28-14-6-5-7-15-28)34(43)31(37)32-35(44)41(30(24-42)22-25(2)3)33-36(45)40(21-11-19-38(32,33)46-37)29-17-16-26-12-8-9-13-27(26)23-29/h5-19,23,25,30-33,42H,4,20-22,24H2,1-3H3/t30-,31+,32+,33?,37-,38+/m1/s1. The molecule has 7 rings (SSSR count). The van der Waals surface area contributed by atoms with Gasteiger partial charge in [0.1, 0.15) is 11.6 Å². The van der Waals surface area contributed by atoms with Crippen molar-refractivity contribution in [2.75, 3.05) is 29.5 Å². The van der Waals surface area contributed by atoms with Crippen LogP contribution in [-0.2, 0) is 19.1 Å². The van der Waals surface area contributed by atoms with Crippen LogP contribution in [0.15, 0.2) is 97.1 Å². The summed E-state index contributed by atoms with van der Waals surface area (Å²) in [5.74, 6) is -2.45. The Kier molecular flexibility index (Phi) is 7.60. The molecule has 2 fully saturated rings. The molecule has 4 aliphatic rings. The molecule has 238 valence electrons. The van der Waals surface area contributed by atoms with Crippen LogP contribution in [0.25, 0.3) is 10.8 Å². The molecule has 0 aliphatic carbocycles. The Morgan fingerprint density at radius 3 is 2.17 bits per heavy atom. The van der Waals surface area contributed by atoms with Gasteiger partial charge in [0.25, 0.3) is 5.91 Å². The second-order valence-corrected chi connectivity index (χ2v) is 13.4. The minimum absolute atomic E-state index is 0.154. The molecule has 4 aliphatic heterocycles. The van der Waals surface area contributed by atoms with Crippen LogP contribution in [0.5, 0.6) is 0 Å². The van der Waals surface area contributed by atoms with Crippen LogP contribution < -0.4 is 9.80 Å². The first-order chi connectivity index (χ1) is 22.2. The summed E-state index contributed by atoms with van der Waals surface area (Å²) in [7, 11) is 0. The van der Waals surface area contributed by atoms with Gasteiger partial charge in [-0.05, 0) is 53.8 Å². The zero-order valence-corrected chi connectivity index (χ0v) is 26.6. The van der Waals surface area contributed by atoms with E-state index in [9.17, 15) is 14.7 Å². The van der Waals surface area contributed by atoms with Crippen molar-refractivity contribution in [2.24, 2.45) is 17.8 Å². The molecule has 6 atom stereocenters. The van der Waals surface area contributed by atoms with Crippen molar-refractivity contribution in [3.63, 3.8) is 0 Å². The van der Waals surface area contributed by atoms with Crippen LogP contribution in [0, 0.1) is 17.8 Å². The number of amides is 3. The zero-order chi connectivity index (χ0) is 32.2. The lowest BCUT2D eigenvalue weighted by molar-refractivity contribution is -0.149. The quantitative estimate of drug-likeness (QED) is 0.371. The SMILES string of the molecule is CC[C@@]12C=CCN(c3ccccc3)C(=O)[C@@H]1[C@H]1C(=O)N([C@@H](CO)CC(C)C)C3C(=O)N(c4ccc5ccccc5c4)CC=C[C@@]31O2. The van der Waals surface area contributed by atoms with E-state index in [1.54, 1.807) is 14.7 Å². The second kappa shape index (κ2) is 11.5. The molecule has 8 nitrogen and oxygen atoms in total. The van der Waals surface area contributed by atoms with Gasteiger partial charge in [0.05, 0.1) is 30.1 Å². The molecular formula is C38H41N3O5. The fraction of sp³-hybridized carbons (Fsp3) is 0.395. The highest BCUT2D eigenvalue weighted by Gasteiger charge is 2.76. The summed E-state index contributed by atoms with van der Waals surface area (Å²) < 4.78 is 7.14. The Morgan fingerprint density at radius 2 is 1.48 bits per heavy atom. The lowest BCUT2D eigenvalue weighted by Gasteiger charge is -2.41. The molecule has 3 amide bonds. The highest BCUT2D eigenvalue weighted by Crippen LogP contribution is 2.59. The first-order valence-corrected chi connectivity index (χ1v) is 16.4. The molecule has 4 heterocycles. The van der Waals surface area contributed by atoms with E-state index in [4.69, 9.17) is 4.74 Å². The van der Waals surface area contributed by atoms with E-state index in [2.05, 4.69) is 0 Å². The van der Waals surface area contributed by atoms with Gasteiger partial charge in [-0.3, -0.25) is 14.4 Å². The third-order valence-corrected chi connectivity index (χ3v) is 10.3. The predicted molar refractivity (Wildman–Crippen MR) is 178 cm³/mol. The predicted octanol–water partition coefficient (Wildman–Crippen LogP) is 5.11. The first kappa shape index (κ1) is 30.4. The lowest BCUT2D eigenvalue weighted by Crippen LogP contribution is -2.59. The van der Waals surface area contributed by atoms with Gasteiger partial charge in [0.2, 0.25) is 11.8 Å². The molecule has 0 saturated carbocycles. The molecule has 0 bridgehead atoms. The Balaban J connectivity index is 1.38. The fourth-order valence-electron chi connectivity index (χ4n) is 8.33. The number of aliphatic hydroxyl groups is 1. The van der Waals surface area contributed by atoms with E-state index in [0.29, 0.717) is 25.1 Å². The number of carbonyl (C=O) groups is 3. The largest absolute Gasteiger partial charge is 0.394 e. The van der Waals surface area contributed by atoms with Gasteiger partial charge in [0.15, 0.2) is 0 Å². The number of hydrogen-bond donors (Lipinski definition) is 1. The topological polar surface area (TPSA) is 90.4 Å². The summed E-state index contributed by atoms with van der Waals surface area (Å²) in [5.41, 5.74) is -1.02. The van der Waals surface area contributed by atoms with Crippen molar-refractivity contribution in [1.82, 2.24) is 4.90 Å². The third kappa shape index (κ3) is 4.53. The van der Waals surface area contributed by atoms with Gasteiger partial charge in [0, 0.05) is 24.5 Å². The van der Waals surface area contributed by atoms with E-state index >= 15 is 4.79 Å². The summed E-state index contributed by atoms with van der Waals surface area (Å²) in [6.07, 6.45) is 8.63. The van der Waals surface area contributed by atoms with Crippen LogP contribution in [0.3, 0.4) is 0 Å². The number of anilines is 2. The minimum Gasteiger partial charge on any atom is -0.394 e. The monoisotopic (exact) mass is 619 g/mol. The fourth-order valence-corrected chi connectivity index (χ4v) is 8.33. The Bertz CT molecular complexity index is 1740. The maximum atomic E-state index is 15.0. The molecule has 1 unspecified atom stereocenters. The van der Waals surface area contributed by atoms with Crippen molar-refractivity contribution in [3.05, 3.63) is 97.1 Å². The Morgan fingerprint density at radius 1 is 0.804 bits per heavy atom. The molecule has 0 radical (unpaired) electrons. The van der Waals surface area contributed by atoms with E-state index in [-0.39, 0.29) is 36.8 Å². The van der Waals surface area contributed by atoms with Crippen molar-refractivity contribution < 1.29 is 24.2 Å². The maximum absolute atomic E-state index is 15.0. The highest BCUT2D eigenvalue weighted by molar-refractivity contribution is 6.08. The van der Waals surface area contributed by atoms with Gasteiger partial charge in [-0.15, -0.1) is 0 Å². The van der Waals surface area contributed by atoms with Gasteiger partial charge in [-0.1, -0.05) is 93.6 Å². The number of ether oxygens (including phenoxy) is 1. The van der Waals surface area contributed by atoms with Crippen molar-refractivity contribution in [1.29, 1.82) is 0 Å². The van der Waals surface area contributed by atoms with Crippen LogP contribution >= 0.6 is 0 Å². The number of benzene rings is 3. The summed E-state index contributed by atoms with van der Waals surface area (Å²) in [6, 6.07) is 21.7. The Labute approximate surface area is 269 Å². The third-order valence-electron chi connectivity index (χ3n) is 10.3. The Hall–Kier alpha value is -4.27. The molecule has 8 heteroatoms. The van der Waals surface area contributed by atoms with Crippen molar-refractivity contribution >= 4 is 39.9 Å². The molecule has 1 N–H and O–H groups in total. The normalized spacial score (nSPS) is 29.6. The van der Waals surface area contributed by atoms with Crippen LogP contribution in [0.1, 0.15) is 33.6 Å². The maximum Gasteiger partial charge on any atom is 0.253 e. The molecule has 3 aromatic rings. The highest BCUT2D eigenvalue weighted by atomic mass is 16.5. The number of rotatable bonds is 7. The van der Waals surface area contributed by atoms with Crippen molar-refractivity contribution in [2.45, 2.75) is 56.9 Å². The number of hydrogen-bond acceptors (Lipinski definition) is 5. The van der Waals surface area contributed by atoms with Crippen LogP contribution in [0.2, 0.25) is 0 Å². The van der Waals surface area contributed by atoms with E-state index < -0.39 is 35.1 Å². The lowest BCUT2D eigenvalue weighted by atomic mass is 9.73. The average Bonchev–Trinajstić information content (AvgIpc) is 3.36. The van der Waals surface area contributed by atoms with E-state index in [1.807, 2.05) is 118 Å². The van der Waals surface area contributed by atoms with E-state index in [1.165, 1.54) is 0 Å². The number of fused-ring (bicyclic) bond motifs is 3. The van der Waals surface area contributed by atoms with Gasteiger partial charge in [-0.25, -0.2) is 0 Å². The smallest absolute Gasteiger partial charge is 0.253 e. The summed E-state index contributed by atoms with van der Waals surface area (Å²) in [4.78, 5) is 49.7. The first-order valence-electron chi connectivity index (χ1n) is 16.4. The molecule has 2 saturated heterocycles. The number of nitrogens with zero attached hydrogens (tertiary/aromatic N) is 3. The number of likely N-dealkylation sites (tertiary alicyclic amines) is 1. The van der Waals surface area contributed by atoms with Crippen LogP contribution in [-0.4, -0.2) is 70.7 Å². The van der Waals surface area contributed by atoms with E-state index in [0.717, 1.165) is 16.5 Å². The van der Waals surface area contributed by atoms with Gasteiger partial charge in [-0.2, -0.15) is 0 Å². The van der Waals surface area contributed by atoms with Crippen molar-refractivity contribution in [3.8, 4) is 0 Å². The molecule has 0 aromatic heterocycles. The van der Waals surface area contributed by atoms with Crippen LogP contribution in [0.4, 0.5) is 11.4 Å². The molecule has 1 spiro atoms. The van der Waals surface area contributed by atoms with Gasteiger partial charge < -0.3 is 24.5 Å². The number of para-hydroxylation sites is 1. The zero-order valence-electron chi connectivity index (χ0n) is 26.6. The summed E-state index contributed by atoms with van der Waals surface area (Å²) in [5, 5.41) is 12.8.